The number of esters is 1. The Morgan fingerprint density at radius 2 is 1.47 bits per heavy atom. The van der Waals surface area contributed by atoms with Gasteiger partial charge in [-0.3, -0.25) is 0 Å². The standard InChI is InChI=1S/C13H10O4/c14-10-7-4-8-11(15)12(10)13(16)17-9-5-2-1-3-6-9/h1-8,14-15H. The number of aromatic hydroxyl groups is 2. The monoisotopic (exact) mass is 230 g/mol. The fourth-order valence-corrected chi connectivity index (χ4v) is 1.38. The number of phenolic OH excluding ortho intramolecular Hbond substituents is 2. The van der Waals surface area contributed by atoms with Crippen molar-refractivity contribution in [1.82, 2.24) is 0 Å². The first-order valence-corrected chi connectivity index (χ1v) is 4.96. The molecule has 0 saturated heterocycles. The molecule has 2 rings (SSSR count). The van der Waals surface area contributed by atoms with Crippen LogP contribution in [0, 0.1) is 0 Å². The van der Waals surface area contributed by atoms with Crippen molar-refractivity contribution in [3.8, 4) is 17.2 Å². The predicted octanol–water partition coefficient (Wildman–Crippen LogP) is 2.32. The lowest BCUT2D eigenvalue weighted by Crippen LogP contribution is -2.08. The quantitative estimate of drug-likeness (QED) is 0.613. The Kier molecular flexibility index (Phi) is 2.96. The molecule has 0 saturated carbocycles. The van der Waals surface area contributed by atoms with Crippen molar-refractivity contribution in [1.29, 1.82) is 0 Å². The molecule has 4 heteroatoms. The summed E-state index contributed by atoms with van der Waals surface area (Å²) in [6, 6.07) is 12.5. The van der Waals surface area contributed by atoms with Crippen LogP contribution in [0.3, 0.4) is 0 Å². The van der Waals surface area contributed by atoms with E-state index in [1.165, 1.54) is 18.2 Å². The van der Waals surface area contributed by atoms with Gasteiger partial charge in [-0.25, -0.2) is 4.79 Å². The molecular formula is C13H10O4. The average molecular weight is 230 g/mol. The highest BCUT2D eigenvalue weighted by atomic mass is 16.5. The Hall–Kier alpha value is -2.49. The Morgan fingerprint density at radius 3 is 2.06 bits per heavy atom. The maximum atomic E-state index is 11.7. The van der Waals surface area contributed by atoms with Crippen LogP contribution in [0.2, 0.25) is 0 Å². The topological polar surface area (TPSA) is 66.8 Å². The number of para-hydroxylation sites is 1. The highest BCUT2D eigenvalue weighted by Crippen LogP contribution is 2.27. The van der Waals surface area contributed by atoms with Crippen LogP contribution >= 0.6 is 0 Å². The largest absolute Gasteiger partial charge is 0.507 e. The number of carbonyl (C=O) groups excluding carboxylic acids is 1. The smallest absolute Gasteiger partial charge is 0.351 e. The van der Waals surface area contributed by atoms with E-state index in [-0.39, 0.29) is 17.1 Å². The zero-order valence-electron chi connectivity index (χ0n) is 8.83. The molecule has 2 aromatic carbocycles. The van der Waals surface area contributed by atoms with Gasteiger partial charge in [0, 0.05) is 0 Å². The van der Waals surface area contributed by atoms with Gasteiger partial charge in [0.1, 0.15) is 22.8 Å². The van der Waals surface area contributed by atoms with E-state index in [0.29, 0.717) is 5.75 Å². The number of carbonyl (C=O) groups is 1. The minimum atomic E-state index is -0.799. The third-order valence-electron chi connectivity index (χ3n) is 2.18. The third-order valence-corrected chi connectivity index (χ3v) is 2.18. The minimum absolute atomic E-state index is 0.239. The van der Waals surface area contributed by atoms with Gasteiger partial charge in [0.15, 0.2) is 0 Å². The Morgan fingerprint density at radius 1 is 0.882 bits per heavy atom. The summed E-state index contributed by atoms with van der Waals surface area (Å²) < 4.78 is 5.00. The van der Waals surface area contributed by atoms with Crippen LogP contribution in [0.25, 0.3) is 0 Å². The second kappa shape index (κ2) is 4.57. The van der Waals surface area contributed by atoms with E-state index in [2.05, 4.69) is 0 Å². The van der Waals surface area contributed by atoms with Gasteiger partial charge in [-0.05, 0) is 24.3 Å². The lowest BCUT2D eigenvalue weighted by Gasteiger charge is -2.07. The van der Waals surface area contributed by atoms with Crippen LogP contribution < -0.4 is 4.74 Å². The molecule has 0 heterocycles. The molecule has 0 aliphatic rings. The molecule has 0 bridgehead atoms. The third kappa shape index (κ3) is 2.36. The van der Waals surface area contributed by atoms with Gasteiger partial charge < -0.3 is 14.9 Å². The molecule has 0 spiro atoms. The molecule has 4 nitrogen and oxygen atoms in total. The molecule has 0 fully saturated rings. The number of phenols is 2. The SMILES string of the molecule is O=C(Oc1ccccc1)c1c(O)cccc1O. The van der Waals surface area contributed by atoms with Crippen LogP contribution in [-0.2, 0) is 0 Å². The second-order valence-corrected chi connectivity index (χ2v) is 3.37. The first-order chi connectivity index (χ1) is 8.18. The Balaban J connectivity index is 2.27. The summed E-state index contributed by atoms with van der Waals surface area (Å²) in [6.45, 7) is 0. The van der Waals surface area contributed by atoms with Crippen molar-refractivity contribution < 1.29 is 19.7 Å². The van der Waals surface area contributed by atoms with Crippen molar-refractivity contribution in [3.05, 3.63) is 54.1 Å². The zero-order valence-corrected chi connectivity index (χ0v) is 8.83. The molecule has 0 radical (unpaired) electrons. The van der Waals surface area contributed by atoms with Crippen LogP contribution in [0.15, 0.2) is 48.5 Å². The van der Waals surface area contributed by atoms with Crippen LogP contribution in [-0.4, -0.2) is 16.2 Å². The Labute approximate surface area is 97.7 Å². The molecule has 2 N–H and O–H groups in total. The summed E-state index contributed by atoms with van der Waals surface area (Å²) in [5.74, 6) is -1.08. The molecular weight excluding hydrogens is 220 g/mol. The highest BCUT2D eigenvalue weighted by Gasteiger charge is 2.17. The Bertz CT molecular complexity index is 514. The van der Waals surface area contributed by atoms with Gasteiger partial charge in [0.25, 0.3) is 0 Å². The lowest BCUT2D eigenvalue weighted by molar-refractivity contribution is 0.0728. The number of hydrogen-bond acceptors (Lipinski definition) is 4. The number of ether oxygens (including phenoxy) is 1. The number of hydrogen-bond donors (Lipinski definition) is 2. The molecule has 0 aliphatic heterocycles. The van der Waals surface area contributed by atoms with E-state index in [0.717, 1.165) is 0 Å². The number of benzene rings is 2. The van der Waals surface area contributed by atoms with E-state index in [1.54, 1.807) is 30.3 Å². The van der Waals surface area contributed by atoms with Gasteiger partial charge in [-0.2, -0.15) is 0 Å². The van der Waals surface area contributed by atoms with E-state index >= 15 is 0 Å². The molecule has 0 atom stereocenters. The van der Waals surface area contributed by atoms with Crippen LogP contribution in [0.5, 0.6) is 17.2 Å². The lowest BCUT2D eigenvalue weighted by atomic mass is 10.2. The number of rotatable bonds is 2. The second-order valence-electron chi connectivity index (χ2n) is 3.37. The highest BCUT2D eigenvalue weighted by molar-refractivity contribution is 5.96. The van der Waals surface area contributed by atoms with E-state index in [4.69, 9.17) is 4.74 Å². The van der Waals surface area contributed by atoms with Gasteiger partial charge in [0.05, 0.1) is 0 Å². The normalized spacial score (nSPS) is 9.88. The van der Waals surface area contributed by atoms with Crippen molar-refractivity contribution >= 4 is 5.97 Å². The van der Waals surface area contributed by atoms with Crippen molar-refractivity contribution in [2.45, 2.75) is 0 Å². The predicted molar refractivity (Wildman–Crippen MR) is 61.2 cm³/mol. The molecule has 0 unspecified atom stereocenters. The molecule has 0 amide bonds. The summed E-state index contributed by atoms with van der Waals surface area (Å²) in [5, 5.41) is 19.0. The van der Waals surface area contributed by atoms with Gasteiger partial charge in [-0.1, -0.05) is 24.3 Å². The minimum Gasteiger partial charge on any atom is -0.507 e. The fourth-order valence-electron chi connectivity index (χ4n) is 1.38. The first-order valence-electron chi connectivity index (χ1n) is 4.96. The maximum Gasteiger partial charge on any atom is 0.351 e. The van der Waals surface area contributed by atoms with Gasteiger partial charge in [-0.15, -0.1) is 0 Å². The average Bonchev–Trinajstić information content (AvgIpc) is 2.30. The van der Waals surface area contributed by atoms with Crippen LogP contribution in [0.4, 0.5) is 0 Å². The molecule has 17 heavy (non-hydrogen) atoms. The van der Waals surface area contributed by atoms with Crippen molar-refractivity contribution in [3.63, 3.8) is 0 Å². The van der Waals surface area contributed by atoms with Crippen LogP contribution in [0.1, 0.15) is 10.4 Å². The molecule has 0 aliphatic carbocycles. The fraction of sp³-hybridized carbons (Fsp3) is 0. The first kappa shape index (κ1) is 11.0. The summed E-state index contributed by atoms with van der Waals surface area (Å²) in [5.41, 5.74) is -0.239. The van der Waals surface area contributed by atoms with E-state index in [9.17, 15) is 15.0 Å². The molecule has 86 valence electrons. The summed E-state index contributed by atoms with van der Waals surface area (Å²) in [4.78, 5) is 11.7. The van der Waals surface area contributed by atoms with Crippen molar-refractivity contribution in [2.75, 3.05) is 0 Å². The van der Waals surface area contributed by atoms with Gasteiger partial charge in [0.2, 0.25) is 0 Å². The molecule has 2 aromatic rings. The van der Waals surface area contributed by atoms with E-state index < -0.39 is 5.97 Å². The van der Waals surface area contributed by atoms with Crippen molar-refractivity contribution in [2.24, 2.45) is 0 Å². The summed E-state index contributed by atoms with van der Waals surface area (Å²) in [7, 11) is 0. The maximum absolute atomic E-state index is 11.7. The molecule has 0 aromatic heterocycles. The van der Waals surface area contributed by atoms with Gasteiger partial charge >= 0.3 is 5.97 Å². The summed E-state index contributed by atoms with van der Waals surface area (Å²) in [6.07, 6.45) is 0. The van der Waals surface area contributed by atoms with E-state index in [1.807, 2.05) is 0 Å². The summed E-state index contributed by atoms with van der Waals surface area (Å²) >= 11 is 0. The zero-order chi connectivity index (χ0) is 12.3.